The minimum absolute atomic E-state index is 0.127. The van der Waals surface area contributed by atoms with Crippen molar-refractivity contribution in [1.82, 2.24) is 0 Å². The standard InChI is InChI=1S/C8H8NO2/c1-2-7-3-5-8(6-4-7)9(10)11/h3-6H,1-2H2. The zero-order chi connectivity index (χ0) is 8.27. The number of nitrogens with zero attached hydrogens (tertiary/aromatic N) is 1. The second kappa shape index (κ2) is 3.14. The number of benzene rings is 1. The maximum Gasteiger partial charge on any atom is 0.269 e. The molecule has 0 aromatic heterocycles. The molecule has 57 valence electrons. The van der Waals surface area contributed by atoms with Gasteiger partial charge in [-0.25, -0.2) is 0 Å². The summed E-state index contributed by atoms with van der Waals surface area (Å²) in [5, 5.41) is 10.2. The van der Waals surface area contributed by atoms with Crippen molar-refractivity contribution in [3.05, 3.63) is 46.9 Å². The van der Waals surface area contributed by atoms with E-state index >= 15 is 0 Å². The molecule has 0 atom stereocenters. The van der Waals surface area contributed by atoms with E-state index in [1.807, 2.05) is 0 Å². The normalized spacial score (nSPS) is 9.55. The molecule has 1 aromatic rings. The van der Waals surface area contributed by atoms with E-state index in [9.17, 15) is 10.1 Å². The maximum atomic E-state index is 10.2. The van der Waals surface area contributed by atoms with E-state index in [1.54, 1.807) is 12.1 Å². The molecule has 0 aliphatic heterocycles. The second-order valence-electron chi connectivity index (χ2n) is 2.17. The zero-order valence-electron chi connectivity index (χ0n) is 5.99. The lowest BCUT2D eigenvalue weighted by Gasteiger charge is -1.93. The summed E-state index contributed by atoms with van der Waals surface area (Å²) in [5.74, 6) is 0. The van der Waals surface area contributed by atoms with Gasteiger partial charge in [-0.15, -0.1) is 0 Å². The van der Waals surface area contributed by atoms with Crippen LogP contribution in [0.15, 0.2) is 24.3 Å². The van der Waals surface area contributed by atoms with Gasteiger partial charge >= 0.3 is 0 Å². The number of non-ortho nitro benzene ring substituents is 1. The highest BCUT2D eigenvalue weighted by Crippen LogP contribution is 2.11. The lowest BCUT2D eigenvalue weighted by molar-refractivity contribution is -0.384. The van der Waals surface area contributed by atoms with Gasteiger partial charge < -0.3 is 0 Å². The fraction of sp³-hybridized carbons (Fsp3) is 0.125. The first-order valence-corrected chi connectivity index (χ1v) is 3.26. The highest BCUT2D eigenvalue weighted by atomic mass is 16.6. The van der Waals surface area contributed by atoms with Gasteiger partial charge in [-0.2, -0.15) is 0 Å². The first-order chi connectivity index (χ1) is 5.24. The van der Waals surface area contributed by atoms with Crippen LogP contribution in [-0.2, 0) is 6.42 Å². The van der Waals surface area contributed by atoms with Crippen LogP contribution in [0, 0.1) is 17.0 Å². The fourth-order valence-corrected chi connectivity index (χ4v) is 0.784. The fourth-order valence-electron chi connectivity index (χ4n) is 0.784. The molecule has 0 N–H and O–H groups in total. The number of hydrogen-bond donors (Lipinski definition) is 0. The number of nitro groups is 1. The van der Waals surface area contributed by atoms with Gasteiger partial charge in [0.1, 0.15) is 0 Å². The number of nitro benzene ring substituents is 1. The highest BCUT2D eigenvalue weighted by Gasteiger charge is 2.01. The predicted molar refractivity (Wildman–Crippen MR) is 42.2 cm³/mol. The van der Waals surface area contributed by atoms with Crippen LogP contribution in [0.25, 0.3) is 0 Å². The van der Waals surface area contributed by atoms with Crippen LogP contribution in [0.1, 0.15) is 5.56 Å². The third-order valence-electron chi connectivity index (χ3n) is 1.44. The monoisotopic (exact) mass is 150 g/mol. The lowest BCUT2D eigenvalue weighted by Crippen LogP contribution is -1.87. The molecule has 0 saturated heterocycles. The predicted octanol–water partition coefficient (Wildman–Crippen LogP) is 1.97. The van der Waals surface area contributed by atoms with Crippen LogP contribution >= 0.6 is 0 Å². The molecule has 0 aliphatic rings. The summed E-state index contributed by atoms with van der Waals surface area (Å²) in [6.07, 6.45) is 0.665. The Labute approximate surface area is 64.8 Å². The Morgan fingerprint density at radius 3 is 2.27 bits per heavy atom. The quantitative estimate of drug-likeness (QED) is 0.477. The average molecular weight is 150 g/mol. The molecular formula is C8H8NO2. The van der Waals surface area contributed by atoms with E-state index in [1.165, 1.54) is 12.1 Å². The summed E-state index contributed by atoms with van der Waals surface area (Å²) in [5.41, 5.74) is 1.14. The molecule has 0 fully saturated rings. The summed E-state index contributed by atoms with van der Waals surface area (Å²) >= 11 is 0. The summed E-state index contributed by atoms with van der Waals surface area (Å²) in [4.78, 5) is 9.78. The molecule has 1 rings (SSSR count). The number of rotatable bonds is 2. The van der Waals surface area contributed by atoms with Crippen LogP contribution in [0.3, 0.4) is 0 Å². The van der Waals surface area contributed by atoms with Crippen molar-refractivity contribution in [2.24, 2.45) is 0 Å². The Morgan fingerprint density at radius 1 is 1.36 bits per heavy atom. The Morgan fingerprint density at radius 2 is 1.91 bits per heavy atom. The topological polar surface area (TPSA) is 43.1 Å². The summed E-state index contributed by atoms with van der Waals surface area (Å²) in [6, 6.07) is 6.40. The van der Waals surface area contributed by atoms with Crippen molar-refractivity contribution in [2.75, 3.05) is 0 Å². The SMILES string of the molecule is [CH2]Cc1ccc([N+](=O)[O-])cc1. The molecule has 0 bridgehead atoms. The largest absolute Gasteiger partial charge is 0.269 e. The molecule has 1 aromatic carbocycles. The van der Waals surface area contributed by atoms with Crippen molar-refractivity contribution in [3.8, 4) is 0 Å². The van der Waals surface area contributed by atoms with Gasteiger partial charge in [0.25, 0.3) is 5.69 Å². The van der Waals surface area contributed by atoms with E-state index in [-0.39, 0.29) is 5.69 Å². The zero-order valence-corrected chi connectivity index (χ0v) is 5.99. The van der Waals surface area contributed by atoms with Gasteiger partial charge in [-0.05, 0) is 18.9 Å². The van der Waals surface area contributed by atoms with Gasteiger partial charge in [-0.3, -0.25) is 10.1 Å². The summed E-state index contributed by atoms with van der Waals surface area (Å²) in [7, 11) is 0. The van der Waals surface area contributed by atoms with Crippen LogP contribution < -0.4 is 0 Å². The minimum atomic E-state index is -0.410. The first-order valence-electron chi connectivity index (χ1n) is 3.26. The molecule has 3 nitrogen and oxygen atoms in total. The van der Waals surface area contributed by atoms with Gasteiger partial charge in [0.05, 0.1) is 4.92 Å². The number of hydrogen-bond acceptors (Lipinski definition) is 2. The van der Waals surface area contributed by atoms with Gasteiger partial charge in [-0.1, -0.05) is 12.1 Å². The van der Waals surface area contributed by atoms with E-state index in [4.69, 9.17) is 0 Å². The molecule has 0 saturated carbocycles. The Balaban J connectivity index is 2.91. The third kappa shape index (κ3) is 1.77. The van der Waals surface area contributed by atoms with Gasteiger partial charge in [0.15, 0.2) is 0 Å². The molecule has 11 heavy (non-hydrogen) atoms. The summed E-state index contributed by atoms with van der Waals surface area (Å²) < 4.78 is 0. The molecule has 1 radical (unpaired) electrons. The van der Waals surface area contributed by atoms with Crippen LogP contribution in [0.4, 0.5) is 5.69 Å². The van der Waals surface area contributed by atoms with Crippen molar-refractivity contribution in [1.29, 1.82) is 0 Å². The molecule has 0 aliphatic carbocycles. The third-order valence-corrected chi connectivity index (χ3v) is 1.44. The Kier molecular flexibility index (Phi) is 2.21. The van der Waals surface area contributed by atoms with Crippen LogP contribution in [-0.4, -0.2) is 4.92 Å². The first kappa shape index (κ1) is 7.72. The second-order valence-corrected chi connectivity index (χ2v) is 2.17. The molecular weight excluding hydrogens is 142 g/mol. The molecule has 3 heteroatoms. The van der Waals surface area contributed by atoms with Gasteiger partial charge in [0.2, 0.25) is 0 Å². The smallest absolute Gasteiger partial charge is 0.258 e. The average Bonchev–Trinajstić information content (AvgIpc) is 2.05. The van der Waals surface area contributed by atoms with Crippen molar-refractivity contribution in [2.45, 2.75) is 6.42 Å². The molecule has 0 unspecified atom stereocenters. The van der Waals surface area contributed by atoms with Crippen molar-refractivity contribution < 1.29 is 4.92 Å². The van der Waals surface area contributed by atoms with Crippen molar-refractivity contribution >= 4 is 5.69 Å². The minimum Gasteiger partial charge on any atom is -0.258 e. The summed E-state index contributed by atoms with van der Waals surface area (Å²) in [6.45, 7) is 3.66. The van der Waals surface area contributed by atoms with Crippen molar-refractivity contribution in [3.63, 3.8) is 0 Å². The van der Waals surface area contributed by atoms with Crippen LogP contribution in [0.5, 0.6) is 0 Å². The highest BCUT2D eigenvalue weighted by molar-refractivity contribution is 5.32. The molecule has 0 amide bonds. The molecule has 0 spiro atoms. The molecule has 0 heterocycles. The van der Waals surface area contributed by atoms with E-state index < -0.39 is 4.92 Å². The maximum absolute atomic E-state index is 10.2. The Hall–Kier alpha value is -1.38. The Bertz CT molecular complexity index is 253. The lowest BCUT2D eigenvalue weighted by atomic mass is 10.2. The van der Waals surface area contributed by atoms with E-state index in [2.05, 4.69) is 6.92 Å². The van der Waals surface area contributed by atoms with Gasteiger partial charge in [0, 0.05) is 12.1 Å². The van der Waals surface area contributed by atoms with Crippen LogP contribution in [0.2, 0.25) is 0 Å². The van der Waals surface area contributed by atoms with E-state index in [0.717, 1.165) is 5.56 Å². The van der Waals surface area contributed by atoms with E-state index in [0.29, 0.717) is 6.42 Å².